The third kappa shape index (κ3) is 2.90. The molecule has 0 amide bonds. The second-order valence-corrected chi connectivity index (χ2v) is 5.11. The van der Waals surface area contributed by atoms with Gasteiger partial charge < -0.3 is 9.47 Å². The highest BCUT2D eigenvalue weighted by molar-refractivity contribution is 9.10. The first-order valence-corrected chi connectivity index (χ1v) is 6.67. The fourth-order valence-corrected chi connectivity index (χ4v) is 2.08. The molecule has 1 fully saturated rings. The standard InChI is InChI=1S/C13H14BrFO3/c1-2-5-17-13-10(16)7-12(13)18-11-4-3-8(14)6-9(11)15/h3-4,6,12-13H,2,5,7H2,1H3. The SMILES string of the molecule is CCCOC1C(=O)CC1Oc1ccc(Br)cc1F. The molecule has 1 aliphatic rings. The van der Waals surface area contributed by atoms with E-state index in [1.165, 1.54) is 6.07 Å². The molecule has 0 aliphatic heterocycles. The number of hydrogen-bond donors (Lipinski definition) is 0. The molecule has 0 aromatic heterocycles. The second kappa shape index (κ2) is 5.80. The lowest BCUT2D eigenvalue weighted by Crippen LogP contribution is -2.52. The highest BCUT2D eigenvalue weighted by Crippen LogP contribution is 2.28. The van der Waals surface area contributed by atoms with Crippen molar-refractivity contribution >= 4 is 21.7 Å². The van der Waals surface area contributed by atoms with E-state index in [9.17, 15) is 9.18 Å². The Morgan fingerprint density at radius 3 is 2.89 bits per heavy atom. The Labute approximate surface area is 113 Å². The average molecular weight is 317 g/mol. The summed E-state index contributed by atoms with van der Waals surface area (Å²) < 4.78 is 25.1. The van der Waals surface area contributed by atoms with Crippen molar-refractivity contribution in [2.45, 2.75) is 32.0 Å². The van der Waals surface area contributed by atoms with Crippen LogP contribution in [0.4, 0.5) is 4.39 Å². The minimum absolute atomic E-state index is 0.0194. The van der Waals surface area contributed by atoms with Gasteiger partial charge in [-0.1, -0.05) is 22.9 Å². The number of halogens is 2. The van der Waals surface area contributed by atoms with Crippen molar-refractivity contribution in [2.24, 2.45) is 0 Å². The summed E-state index contributed by atoms with van der Waals surface area (Å²) in [7, 11) is 0. The van der Waals surface area contributed by atoms with Gasteiger partial charge in [0, 0.05) is 17.5 Å². The molecule has 2 rings (SSSR count). The molecule has 5 heteroatoms. The summed E-state index contributed by atoms with van der Waals surface area (Å²) in [6, 6.07) is 4.57. The van der Waals surface area contributed by atoms with Crippen LogP contribution >= 0.6 is 15.9 Å². The molecule has 0 radical (unpaired) electrons. The Balaban J connectivity index is 1.99. The van der Waals surface area contributed by atoms with Crippen LogP contribution in [0.3, 0.4) is 0 Å². The van der Waals surface area contributed by atoms with Gasteiger partial charge in [-0.05, 0) is 24.6 Å². The predicted octanol–water partition coefficient (Wildman–Crippen LogP) is 3.10. The summed E-state index contributed by atoms with van der Waals surface area (Å²) in [5, 5.41) is 0. The number of hydrogen-bond acceptors (Lipinski definition) is 3. The van der Waals surface area contributed by atoms with Crippen LogP contribution < -0.4 is 4.74 Å². The molecule has 0 bridgehead atoms. The molecule has 98 valence electrons. The van der Waals surface area contributed by atoms with E-state index in [4.69, 9.17) is 9.47 Å². The van der Waals surface area contributed by atoms with E-state index in [0.29, 0.717) is 11.1 Å². The number of carbonyl (C=O) groups is 1. The van der Waals surface area contributed by atoms with Crippen LogP contribution in [0.2, 0.25) is 0 Å². The number of ketones is 1. The van der Waals surface area contributed by atoms with Crippen LogP contribution in [0.5, 0.6) is 5.75 Å². The lowest BCUT2D eigenvalue weighted by atomic mass is 9.90. The van der Waals surface area contributed by atoms with Crippen molar-refractivity contribution in [3.63, 3.8) is 0 Å². The Morgan fingerprint density at radius 1 is 1.50 bits per heavy atom. The van der Waals surface area contributed by atoms with E-state index in [2.05, 4.69) is 15.9 Å². The van der Waals surface area contributed by atoms with Gasteiger partial charge in [0.05, 0.1) is 0 Å². The molecule has 0 spiro atoms. The zero-order chi connectivity index (χ0) is 13.1. The molecule has 1 saturated carbocycles. The molecule has 0 heterocycles. The maximum absolute atomic E-state index is 13.6. The van der Waals surface area contributed by atoms with Gasteiger partial charge >= 0.3 is 0 Å². The fraction of sp³-hybridized carbons (Fsp3) is 0.462. The lowest BCUT2D eigenvalue weighted by molar-refractivity contribution is -0.155. The number of carbonyl (C=O) groups excluding carboxylic acids is 1. The van der Waals surface area contributed by atoms with Gasteiger partial charge in [-0.25, -0.2) is 4.39 Å². The van der Waals surface area contributed by atoms with E-state index in [1.807, 2.05) is 6.92 Å². The average Bonchev–Trinajstić information content (AvgIpc) is 2.32. The van der Waals surface area contributed by atoms with Crippen LogP contribution in [-0.4, -0.2) is 24.6 Å². The van der Waals surface area contributed by atoms with Crippen molar-refractivity contribution in [3.8, 4) is 5.75 Å². The summed E-state index contributed by atoms with van der Waals surface area (Å²) in [5.74, 6) is -0.273. The number of Topliss-reactive ketones (excluding diaryl/α,β-unsaturated/α-hetero) is 1. The van der Waals surface area contributed by atoms with Crippen molar-refractivity contribution in [3.05, 3.63) is 28.5 Å². The normalized spacial score (nSPS) is 22.7. The predicted molar refractivity (Wildman–Crippen MR) is 68.2 cm³/mol. The number of rotatable bonds is 5. The summed E-state index contributed by atoms with van der Waals surface area (Å²) in [5.41, 5.74) is 0. The summed E-state index contributed by atoms with van der Waals surface area (Å²) in [6.07, 6.45) is 0.195. The molecule has 1 aromatic rings. The summed E-state index contributed by atoms with van der Waals surface area (Å²) in [4.78, 5) is 11.4. The molecule has 18 heavy (non-hydrogen) atoms. The van der Waals surface area contributed by atoms with E-state index >= 15 is 0 Å². The van der Waals surface area contributed by atoms with Crippen LogP contribution in [0.25, 0.3) is 0 Å². The monoisotopic (exact) mass is 316 g/mol. The van der Waals surface area contributed by atoms with Crippen LogP contribution in [0.1, 0.15) is 19.8 Å². The zero-order valence-corrected chi connectivity index (χ0v) is 11.6. The quantitative estimate of drug-likeness (QED) is 0.837. The Bertz CT molecular complexity index is 450. The number of ether oxygens (including phenoxy) is 2. The van der Waals surface area contributed by atoms with Crippen molar-refractivity contribution in [2.75, 3.05) is 6.61 Å². The van der Waals surface area contributed by atoms with Gasteiger partial charge in [0.15, 0.2) is 23.5 Å². The van der Waals surface area contributed by atoms with E-state index in [0.717, 1.165) is 6.42 Å². The smallest absolute Gasteiger partial charge is 0.169 e. The van der Waals surface area contributed by atoms with Crippen LogP contribution in [0, 0.1) is 5.82 Å². The van der Waals surface area contributed by atoms with Crippen LogP contribution in [-0.2, 0) is 9.53 Å². The first kappa shape index (κ1) is 13.5. The van der Waals surface area contributed by atoms with Gasteiger partial charge in [-0.2, -0.15) is 0 Å². The third-order valence-corrected chi connectivity index (χ3v) is 3.22. The van der Waals surface area contributed by atoms with E-state index in [-0.39, 0.29) is 24.1 Å². The summed E-state index contributed by atoms with van der Waals surface area (Å²) >= 11 is 3.17. The van der Waals surface area contributed by atoms with Gasteiger partial charge in [-0.3, -0.25) is 4.79 Å². The van der Waals surface area contributed by atoms with Crippen molar-refractivity contribution in [1.82, 2.24) is 0 Å². The maximum atomic E-state index is 13.6. The largest absolute Gasteiger partial charge is 0.484 e. The fourth-order valence-electron chi connectivity index (χ4n) is 1.75. The zero-order valence-electron chi connectivity index (χ0n) is 9.99. The summed E-state index contributed by atoms with van der Waals surface area (Å²) in [6.45, 7) is 2.48. The molecule has 2 atom stereocenters. The molecular weight excluding hydrogens is 303 g/mol. The Kier molecular flexibility index (Phi) is 4.35. The minimum atomic E-state index is -0.548. The maximum Gasteiger partial charge on any atom is 0.169 e. The first-order valence-electron chi connectivity index (χ1n) is 5.88. The number of benzene rings is 1. The highest BCUT2D eigenvalue weighted by atomic mass is 79.9. The van der Waals surface area contributed by atoms with E-state index in [1.54, 1.807) is 12.1 Å². The molecule has 2 unspecified atom stereocenters. The molecular formula is C13H14BrFO3. The Morgan fingerprint density at radius 2 is 2.28 bits per heavy atom. The molecule has 0 N–H and O–H groups in total. The van der Waals surface area contributed by atoms with Crippen LogP contribution in [0.15, 0.2) is 22.7 Å². The van der Waals surface area contributed by atoms with Crippen molar-refractivity contribution in [1.29, 1.82) is 0 Å². The minimum Gasteiger partial charge on any atom is -0.484 e. The van der Waals surface area contributed by atoms with Gasteiger partial charge in [0.1, 0.15) is 6.10 Å². The second-order valence-electron chi connectivity index (χ2n) is 4.19. The Hall–Kier alpha value is -0.940. The first-order chi connectivity index (χ1) is 8.61. The molecule has 1 aliphatic carbocycles. The lowest BCUT2D eigenvalue weighted by Gasteiger charge is -2.34. The van der Waals surface area contributed by atoms with E-state index < -0.39 is 11.9 Å². The van der Waals surface area contributed by atoms with Gasteiger partial charge in [0.2, 0.25) is 0 Å². The highest BCUT2D eigenvalue weighted by Gasteiger charge is 2.42. The third-order valence-electron chi connectivity index (χ3n) is 2.73. The molecule has 0 saturated heterocycles. The van der Waals surface area contributed by atoms with Gasteiger partial charge in [-0.15, -0.1) is 0 Å². The molecule has 1 aromatic carbocycles. The van der Waals surface area contributed by atoms with Crippen molar-refractivity contribution < 1.29 is 18.7 Å². The van der Waals surface area contributed by atoms with Gasteiger partial charge in [0.25, 0.3) is 0 Å². The molecule has 3 nitrogen and oxygen atoms in total. The topological polar surface area (TPSA) is 35.5 Å².